The molecule has 1 N–H and O–H groups in total. The molecule has 4 nitrogen and oxygen atoms in total. The van der Waals surface area contributed by atoms with E-state index in [1.54, 1.807) is 23.7 Å². The van der Waals surface area contributed by atoms with Crippen molar-refractivity contribution in [1.82, 2.24) is 15.3 Å². The Morgan fingerprint density at radius 1 is 1.08 bits per heavy atom. The molecule has 2 heterocycles. The van der Waals surface area contributed by atoms with Crippen LogP contribution in [0.1, 0.15) is 39.7 Å². The summed E-state index contributed by atoms with van der Waals surface area (Å²) in [5.74, 6) is 0.0372. The second-order valence-corrected chi connectivity index (χ2v) is 6.99. The molecule has 0 aliphatic rings. The number of hydrogen-bond acceptors (Lipinski definition) is 4. The topological polar surface area (TPSA) is 54.9 Å². The number of rotatable bonds is 6. The summed E-state index contributed by atoms with van der Waals surface area (Å²) in [7, 11) is 0. The van der Waals surface area contributed by atoms with Gasteiger partial charge < -0.3 is 5.32 Å². The van der Waals surface area contributed by atoms with Crippen molar-refractivity contribution in [1.29, 1.82) is 0 Å². The molecule has 0 radical (unpaired) electrons. The van der Waals surface area contributed by atoms with Crippen molar-refractivity contribution in [2.45, 2.75) is 32.7 Å². The van der Waals surface area contributed by atoms with Crippen molar-refractivity contribution in [2.24, 2.45) is 0 Å². The molecule has 3 rings (SSSR count). The zero-order valence-corrected chi connectivity index (χ0v) is 15.2. The fraction of sp³-hybridized carbons (Fsp3) is 0.250. The molecule has 0 saturated heterocycles. The van der Waals surface area contributed by atoms with E-state index in [4.69, 9.17) is 0 Å². The lowest BCUT2D eigenvalue weighted by molar-refractivity contribution is -0.121. The van der Waals surface area contributed by atoms with Crippen LogP contribution in [0, 0.1) is 13.8 Å². The second kappa shape index (κ2) is 8.03. The summed E-state index contributed by atoms with van der Waals surface area (Å²) in [6.45, 7) is 4.04. The van der Waals surface area contributed by atoms with E-state index in [1.165, 1.54) is 10.4 Å². The van der Waals surface area contributed by atoms with Crippen molar-refractivity contribution >= 4 is 17.2 Å². The summed E-state index contributed by atoms with van der Waals surface area (Å²) >= 11 is 1.61. The normalized spacial score (nSPS) is 11.9. The number of thiazole rings is 1. The zero-order valence-electron chi connectivity index (χ0n) is 14.4. The largest absolute Gasteiger partial charge is 0.345 e. The van der Waals surface area contributed by atoms with Crippen molar-refractivity contribution in [3.63, 3.8) is 0 Å². The van der Waals surface area contributed by atoms with Crippen LogP contribution in [-0.4, -0.2) is 15.9 Å². The highest BCUT2D eigenvalue weighted by atomic mass is 32.1. The van der Waals surface area contributed by atoms with Gasteiger partial charge in [-0.25, -0.2) is 4.98 Å². The van der Waals surface area contributed by atoms with Gasteiger partial charge in [0.2, 0.25) is 5.91 Å². The van der Waals surface area contributed by atoms with Gasteiger partial charge in [0.1, 0.15) is 0 Å². The predicted molar refractivity (Wildman–Crippen MR) is 101 cm³/mol. The predicted octanol–water partition coefficient (Wildman–Crippen LogP) is 3.99. The quantitative estimate of drug-likeness (QED) is 0.730. The Hall–Kier alpha value is -2.53. The summed E-state index contributed by atoms with van der Waals surface area (Å²) in [6, 6.07) is 12.0. The molecule has 3 aromatic rings. The molecular weight excluding hydrogens is 330 g/mol. The van der Waals surface area contributed by atoms with Gasteiger partial charge in [0.25, 0.3) is 0 Å². The number of hydrogen-bond donors (Lipinski definition) is 1. The minimum Gasteiger partial charge on any atom is -0.345 e. The third-order valence-electron chi connectivity index (χ3n) is 4.18. The molecule has 0 spiro atoms. The van der Waals surface area contributed by atoms with Gasteiger partial charge in [0.05, 0.1) is 17.2 Å². The van der Waals surface area contributed by atoms with Crippen LogP contribution in [0.4, 0.5) is 0 Å². The van der Waals surface area contributed by atoms with E-state index in [9.17, 15) is 4.79 Å². The molecule has 2 aromatic heterocycles. The Bertz CT molecular complexity index is 828. The van der Waals surface area contributed by atoms with Crippen LogP contribution in [0.25, 0.3) is 0 Å². The van der Waals surface area contributed by atoms with E-state index in [1.807, 2.05) is 24.6 Å². The molecular formula is C20H21N3OS. The van der Waals surface area contributed by atoms with E-state index in [0.717, 1.165) is 23.2 Å². The summed E-state index contributed by atoms with van der Waals surface area (Å²) in [5.41, 5.74) is 6.14. The van der Waals surface area contributed by atoms with Crippen molar-refractivity contribution in [3.8, 4) is 0 Å². The number of benzene rings is 1. The van der Waals surface area contributed by atoms with Gasteiger partial charge in [-0.2, -0.15) is 0 Å². The monoisotopic (exact) mass is 351 g/mol. The molecule has 0 aliphatic carbocycles. The van der Waals surface area contributed by atoms with Crippen molar-refractivity contribution in [2.75, 3.05) is 0 Å². The standard InChI is InChI=1S/C20H21N3OS/c1-14-3-5-16(6-4-14)20(17-9-11-21-12-10-17)23-19(24)8-7-18-15(2)22-13-25-18/h3-6,9-13,20H,7-8H2,1-2H3,(H,23,24)/t20-/m0/s1. The number of carbonyl (C=O) groups excluding carboxylic acids is 1. The summed E-state index contributed by atoms with van der Waals surface area (Å²) in [6.07, 6.45) is 4.68. The average Bonchev–Trinajstić information content (AvgIpc) is 3.04. The van der Waals surface area contributed by atoms with Crippen LogP contribution in [0.5, 0.6) is 0 Å². The summed E-state index contributed by atoms with van der Waals surface area (Å²) in [4.78, 5) is 22.0. The van der Waals surface area contributed by atoms with Gasteiger partial charge in [-0.3, -0.25) is 9.78 Å². The second-order valence-electron chi connectivity index (χ2n) is 6.05. The lowest BCUT2D eigenvalue weighted by Crippen LogP contribution is -2.29. The van der Waals surface area contributed by atoms with Gasteiger partial charge in [-0.05, 0) is 43.5 Å². The zero-order chi connectivity index (χ0) is 17.6. The molecule has 5 heteroatoms. The van der Waals surface area contributed by atoms with Gasteiger partial charge in [-0.1, -0.05) is 29.8 Å². The van der Waals surface area contributed by atoms with Gasteiger partial charge in [0.15, 0.2) is 0 Å². The third kappa shape index (κ3) is 4.51. The first kappa shape index (κ1) is 17.3. The Labute approximate surface area is 152 Å². The molecule has 1 amide bonds. The van der Waals surface area contributed by atoms with Crippen LogP contribution in [0.15, 0.2) is 54.3 Å². The number of nitrogens with one attached hydrogen (secondary N) is 1. The number of aryl methyl sites for hydroxylation is 3. The van der Waals surface area contributed by atoms with Crippen LogP contribution in [0.3, 0.4) is 0 Å². The molecule has 1 aromatic carbocycles. The molecule has 25 heavy (non-hydrogen) atoms. The van der Waals surface area contributed by atoms with Crippen LogP contribution < -0.4 is 5.32 Å². The summed E-state index contributed by atoms with van der Waals surface area (Å²) < 4.78 is 0. The number of aromatic nitrogens is 2. The maximum absolute atomic E-state index is 12.5. The van der Waals surface area contributed by atoms with Crippen molar-refractivity contribution < 1.29 is 4.79 Å². The van der Waals surface area contributed by atoms with Crippen LogP contribution >= 0.6 is 11.3 Å². The molecule has 0 fully saturated rings. The van der Waals surface area contributed by atoms with E-state index < -0.39 is 0 Å². The minimum atomic E-state index is -0.168. The number of pyridine rings is 1. The first-order chi connectivity index (χ1) is 12.1. The number of amides is 1. The molecule has 0 bridgehead atoms. The Morgan fingerprint density at radius 3 is 2.40 bits per heavy atom. The lowest BCUT2D eigenvalue weighted by atomic mass is 9.98. The maximum atomic E-state index is 12.5. The SMILES string of the molecule is Cc1ccc([C@H](NC(=O)CCc2scnc2C)c2ccncc2)cc1. The average molecular weight is 351 g/mol. The smallest absolute Gasteiger partial charge is 0.221 e. The first-order valence-electron chi connectivity index (χ1n) is 8.28. The van der Waals surface area contributed by atoms with Gasteiger partial charge in [0, 0.05) is 23.7 Å². The molecule has 0 saturated carbocycles. The fourth-order valence-electron chi connectivity index (χ4n) is 2.70. The Balaban J connectivity index is 1.74. The van der Waals surface area contributed by atoms with Crippen LogP contribution in [-0.2, 0) is 11.2 Å². The van der Waals surface area contributed by atoms with E-state index in [2.05, 4.69) is 46.5 Å². The van der Waals surface area contributed by atoms with Crippen LogP contribution in [0.2, 0.25) is 0 Å². The fourth-order valence-corrected chi connectivity index (χ4v) is 3.48. The number of carbonyl (C=O) groups is 1. The third-order valence-corrected chi connectivity index (χ3v) is 5.17. The van der Waals surface area contributed by atoms with E-state index >= 15 is 0 Å². The minimum absolute atomic E-state index is 0.0372. The molecule has 0 unspecified atom stereocenters. The highest BCUT2D eigenvalue weighted by Gasteiger charge is 2.17. The summed E-state index contributed by atoms with van der Waals surface area (Å²) in [5, 5.41) is 3.17. The highest BCUT2D eigenvalue weighted by Crippen LogP contribution is 2.22. The molecule has 1 atom stereocenters. The number of nitrogens with zero attached hydrogens (tertiary/aromatic N) is 2. The van der Waals surface area contributed by atoms with Crippen molar-refractivity contribution in [3.05, 3.63) is 81.6 Å². The van der Waals surface area contributed by atoms with E-state index in [-0.39, 0.29) is 11.9 Å². The highest BCUT2D eigenvalue weighted by molar-refractivity contribution is 7.09. The van der Waals surface area contributed by atoms with Gasteiger partial charge >= 0.3 is 0 Å². The Kier molecular flexibility index (Phi) is 5.56. The maximum Gasteiger partial charge on any atom is 0.221 e. The van der Waals surface area contributed by atoms with Gasteiger partial charge in [-0.15, -0.1) is 11.3 Å². The molecule has 0 aliphatic heterocycles. The Morgan fingerprint density at radius 2 is 1.76 bits per heavy atom. The lowest BCUT2D eigenvalue weighted by Gasteiger charge is -2.20. The first-order valence-corrected chi connectivity index (χ1v) is 9.16. The molecule has 128 valence electrons. The van der Waals surface area contributed by atoms with E-state index in [0.29, 0.717) is 6.42 Å².